The molecule has 0 aromatic heterocycles. The second kappa shape index (κ2) is 4.10. The minimum Gasteiger partial charge on any atom is -0.390 e. The van der Waals surface area contributed by atoms with E-state index in [0.29, 0.717) is 11.8 Å². The summed E-state index contributed by atoms with van der Waals surface area (Å²) < 4.78 is 0. The second-order valence-electron chi connectivity index (χ2n) is 6.89. The van der Waals surface area contributed by atoms with Crippen LogP contribution in [0.5, 0.6) is 0 Å². The van der Waals surface area contributed by atoms with Gasteiger partial charge in [0.25, 0.3) is 0 Å². The standard InChI is InChI=1S/C15H26O2/c1-10-5-6-13-11(9-10)12(14(2,3)16)7-8-15(13,4)17/h9,11-13,16-17H,5-8H2,1-4H3/t11-,12-,13-,15+/m0/s1. The predicted octanol–water partition coefficient (Wildman–Crippen LogP) is 2.89. The highest BCUT2D eigenvalue weighted by atomic mass is 16.3. The lowest BCUT2D eigenvalue weighted by Crippen LogP contribution is -2.52. The Hall–Kier alpha value is -0.340. The molecule has 98 valence electrons. The predicted molar refractivity (Wildman–Crippen MR) is 69.6 cm³/mol. The summed E-state index contributed by atoms with van der Waals surface area (Å²) in [5, 5.41) is 20.9. The van der Waals surface area contributed by atoms with Crippen molar-refractivity contribution in [1.82, 2.24) is 0 Å². The molecule has 0 spiro atoms. The Bertz CT molecular complexity index is 322. The first kappa shape index (κ1) is 13.1. The van der Waals surface area contributed by atoms with Crippen LogP contribution in [0.3, 0.4) is 0 Å². The third-order valence-corrected chi connectivity index (χ3v) is 4.92. The van der Waals surface area contributed by atoms with Gasteiger partial charge in [0.2, 0.25) is 0 Å². The molecule has 0 heterocycles. The van der Waals surface area contributed by atoms with Gasteiger partial charge in [-0.15, -0.1) is 0 Å². The van der Waals surface area contributed by atoms with Gasteiger partial charge < -0.3 is 10.2 Å². The van der Waals surface area contributed by atoms with Crippen LogP contribution in [-0.4, -0.2) is 21.4 Å². The average molecular weight is 238 g/mol. The van der Waals surface area contributed by atoms with Gasteiger partial charge in [0, 0.05) is 0 Å². The normalized spacial score (nSPS) is 42.9. The average Bonchev–Trinajstić information content (AvgIpc) is 2.14. The lowest BCUT2D eigenvalue weighted by molar-refractivity contribution is -0.116. The number of allylic oxidation sites excluding steroid dienone is 2. The van der Waals surface area contributed by atoms with E-state index in [2.05, 4.69) is 13.0 Å². The molecule has 17 heavy (non-hydrogen) atoms. The van der Waals surface area contributed by atoms with Crippen molar-refractivity contribution in [3.63, 3.8) is 0 Å². The van der Waals surface area contributed by atoms with E-state index >= 15 is 0 Å². The minimum absolute atomic E-state index is 0.281. The van der Waals surface area contributed by atoms with E-state index in [1.807, 2.05) is 20.8 Å². The Kier molecular flexibility index (Phi) is 3.16. The van der Waals surface area contributed by atoms with E-state index in [-0.39, 0.29) is 5.92 Å². The summed E-state index contributed by atoms with van der Waals surface area (Å²) in [6.45, 7) is 7.96. The van der Waals surface area contributed by atoms with Crippen LogP contribution in [-0.2, 0) is 0 Å². The van der Waals surface area contributed by atoms with Gasteiger partial charge in [-0.3, -0.25) is 0 Å². The highest BCUT2D eigenvalue weighted by Gasteiger charge is 2.49. The van der Waals surface area contributed by atoms with Crippen molar-refractivity contribution < 1.29 is 10.2 Å². The van der Waals surface area contributed by atoms with E-state index < -0.39 is 11.2 Å². The molecule has 0 aromatic rings. The molecule has 2 rings (SSSR count). The summed E-state index contributed by atoms with van der Waals surface area (Å²) in [6, 6.07) is 0. The van der Waals surface area contributed by atoms with Crippen molar-refractivity contribution in [2.45, 2.75) is 64.6 Å². The molecule has 0 amide bonds. The minimum atomic E-state index is -0.645. The van der Waals surface area contributed by atoms with Gasteiger partial charge in [0.05, 0.1) is 11.2 Å². The van der Waals surface area contributed by atoms with Crippen LogP contribution in [0.15, 0.2) is 11.6 Å². The maximum Gasteiger partial charge on any atom is 0.0653 e. The van der Waals surface area contributed by atoms with Gasteiger partial charge in [0.15, 0.2) is 0 Å². The lowest BCUT2D eigenvalue weighted by atomic mass is 9.57. The second-order valence-corrected chi connectivity index (χ2v) is 6.89. The largest absolute Gasteiger partial charge is 0.390 e. The molecule has 1 fully saturated rings. The number of fused-ring (bicyclic) bond motifs is 1. The Morgan fingerprint density at radius 2 is 2.00 bits per heavy atom. The van der Waals surface area contributed by atoms with Gasteiger partial charge in [-0.05, 0) is 71.1 Å². The van der Waals surface area contributed by atoms with Crippen LogP contribution in [0.4, 0.5) is 0 Å². The fraction of sp³-hybridized carbons (Fsp3) is 0.867. The molecule has 4 atom stereocenters. The van der Waals surface area contributed by atoms with Crippen molar-refractivity contribution >= 4 is 0 Å². The van der Waals surface area contributed by atoms with Gasteiger partial charge in [-0.25, -0.2) is 0 Å². The zero-order chi connectivity index (χ0) is 12.8. The fourth-order valence-corrected chi connectivity index (χ4v) is 3.88. The summed E-state index contributed by atoms with van der Waals surface area (Å²) in [5.74, 6) is 0.937. The van der Waals surface area contributed by atoms with Crippen LogP contribution in [0, 0.1) is 17.8 Å². The molecule has 2 N–H and O–H groups in total. The van der Waals surface area contributed by atoms with E-state index in [1.165, 1.54) is 5.57 Å². The molecule has 0 saturated heterocycles. The van der Waals surface area contributed by atoms with Gasteiger partial charge in [0.1, 0.15) is 0 Å². The first-order valence-electron chi connectivity index (χ1n) is 6.84. The van der Waals surface area contributed by atoms with Crippen molar-refractivity contribution in [3.8, 4) is 0 Å². The van der Waals surface area contributed by atoms with E-state index in [1.54, 1.807) is 0 Å². The third kappa shape index (κ3) is 2.43. The molecule has 0 bridgehead atoms. The van der Waals surface area contributed by atoms with Crippen molar-refractivity contribution in [2.24, 2.45) is 17.8 Å². The van der Waals surface area contributed by atoms with E-state index in [9.17, 15) is 10.2 Å². The molecule has 2 aliphatic rings. The van der Waals surface area contributed by atoms with Crippen LogP contribution >= 0.6 is 0 Å². The monoisotopic (exact) mass is 238 g/mol. The molecular weight excluding hydrogens is 212 g/mol. The SMILES string of the molecule is CC1=C[C@H]2[C@@H](C(C)(C)O)CC[C@@](C)(O)[C@H]2CC1. The summed E-state index contributed by atoms with van der Waals surface area (Å²) in [4.78, 5) is 0. The molecule has 0 radical (unpaired) electrons. The zero-order valence-electron chi connectivity index (χ0n) is 11.5. The number of hydrogen-bond donors (Lipinski definition) is 2. The molecule has 0 aliphatic heterocycles. The number of hydrogen-bond acceptors (Lipinski definition) is 2. The quantitative estimate of drug-likeness (QED) is 0.690. The van der Waals surface area contributed by atoms with Crippen LogP contribution in [0.1, 0.15) is 53.4 Å². The Morgan fingerprint density at radius 1 is 1.35 bits per heavy atom. The summed E-state index contributed by atoms with van der Waals surface area (Å²) in [6.07, 6.45) is 6.20. The first-order valence-corrected chi connectivity index (χ1v) is 6.84. The third-order valence-electron chi connectivity index (χ3n) is 4.92. The molecule has 0 unspecified atom stereocenters. The molecule has 2 aliphatic carbocycles. The summed E-state index contributed by atoms with van der Waals surface area (Å²) in [7, 11) is 0. The van der Waals surface area contributed by atoms with Gasteiger partial charge in [-0.2, -0.15) is 0 Å². The Morgan fingerprint density at radius 3 is 2.59 bits per heavy atom. The van der Waals surface area contributed by atoms with Crippen molar-refractivity contribution in [3.05, 3.63) is 11.6 Å². The highest BCUT2D eigenvalue weighted by molar-refractivity contribution is 5.15. The van der Waals surface area contributed by atoms with Crippen LogP contribution < -0.4 is 0 Å². The van der Waals surface area contributed by atoms with Crippen LogP contribution in [0.25, 0.3) is 0 Å². The molecule has 1 saturated carbocycles. The van der Waals surface area contributed by atoms with E-state index in [4.69, 9.17) is 0 Å². The topological polar surface area (TPSA) is 40.5 Å². The Labute approximate surface area is 105 Å². The number of rotatable bonds is 1. The maximum atomic E-state index is 10.5. The molecular formula is C15H26O2. The van der Waals surface area contributed by atoms with Gasteiger partial charge in [-0.1, -0.05) is 11.6 Å². The number of aliphatic hydroxyl groups is 2. The van der Waals surface area contributed by atoms with Crippen molar-refractivity contribution in [2.75, 3.05) is 0 Å². The van der Waals surface area contributed by atoms with E-state index in [0.717, 1.165) is 25.7 Å². The lowest BCUT2D eigenvalue weighted by Gasteiger charge is -2.51. The maximum absolute atomic E-state index is 10.5. The molecule has 2 nitrogen and oxygen atoms in total. The first-order chi connectivity index (χ1) is 7.72. The highest BCUT2D eigenvalue weighted by Crippen LogP contribution is 2.50. The smallest absolute Gasteiger partial charge is 0.0653 e. The van der Waals surface area contributed by atoms with Crippen LogP contribution in [0.2, 0.25) is 0 Å². The zero-order valence-corrected chi connectivity index (χ0v) is 11.5. The summed E-state index contributed by atoms with van der Waals surface area (Å²) in [5.41, 5.74) is 0.218. The summed E-state index contributed by atoms with van der Waals surface area (Å²) >= 11 is 0. The Balaban J connectivity index is 2.32. The van der Waals surface area contributed by atoms with Crippen molar-refractivity contribution in [1.29, 1.82) is 0 Å². The van der Waals surface area contributed by atoms with Gasteiger partial charge >= 0.3 is 0 Å². The molecule has 2 heteroatoms. The fourth-order valence-electron chi connectivity index (χ4n) is 3.88. The molecule has 0 aromatic carbocycles.